The van der Waals surface area contributed by atoms with Crippen LogP contribution < -0.4 is 11.1 Å². The zero-order valence-electron chi connectivity index (χ0n) is 14.7. The zero-order valence-corrected chi connectivity index (χ0v) is 14.7. The molecule has 1 aromatic carbocycles. The molecule has 0 bridgehead atoms. The summed E-state index contributed by atoms with van der Waals surface area (Å²) >= 11 is 0. The van der Waals surface area contributed by atoms with Crippen LogP contribution in [0, 0.1) is 5.41 Å². The van der Waals surface area contributed by atoms with Crippen molar-refractivity contribution in [1.29, 1.82) is 0 Å². The van der Waals surface area contributed by atoms with E-state index in [4.69, 9.17) is 10.5 Å². The largest absolute Gasteiger partial charge is 0.399 e. The fourth-order valence-corrected chi connectivity index (χ4v) is 4.54. The highest BCUT2D eigenvalue weighted by Gasteiger charge is 2.55. The molecule has 1 spiro atoms. The first-order valence-corrected chi connectivity index (χ1v) is 9.40. The Morgan fingerprint density at radius 3 is 2.75 bits per heavy atom. The number of amides is 1. The minimum absolute atomic E-state index is 0.142. The second-order valence-corrected chi connectivity index (χ2v) is 7.29. The molecule has 0 saturated heterocycles. The van der Waals surface area contributed by atoms with Crippen LogP contribution in [0.15, 0.2) is 24.3 Å². The monoisotopic (exact) mass is 330 g/mol. The lowest BCUT2D eigenvalue weighted by atomic mass is 9.55. The molecule has 2 fully saturated rings. The molecule has 2 unspecified atom stereocenters. The van der Waals surface area contributed by atoms with Gasteiger partial charge in [-0.05, 0) is 44.2 Å². The number of nitrogens with two attached hydrogens (primary N) is 1. The van der Waals surface area contributed by atoms with E-state index in [9.17, 15) is 4.79 Å². The molecule has 2 aliphatic carbocycles. The number of hydrogen-bond acceptors (Lipinski definition) is 3. The van der Waals surface area contributed by atoms with E-state index < -0.39 is 0 Å². The maximum Gasteiger partial charge on any atom is 0.220 e. The molecule has 2 saturated carbocycles. The minimum atomic E-state index is 0.142. The molecule has 2 aliphatic rings. The fraction of sp³-hybridized carbons (Fsp3) is 0.650. The van der Waals surface area contributed by atoms with Crippen LogP contribution in [0.3, 0.4) is 0 Å². The Morgan fingerprint density at radius 2 is 2.04 bits per heavy atom. The molecule has 3 N–H and O–H groups in total. The first-order valence-electron chi connectivity index (χ1n) is 9.40. The van der Waals surface area contributed by atoms with Crippen LogP contribution in [0.1, 0.15) is 57.4 Å². The average Bonchev–Trinajstić information content (AvgIpc) is 2.61. The van der Waals surface area contributed by atoms with E-state index in [1.165, 1.54) is 32.1 Å². The molecule has 2 atom stereocenters. The van der Waals surface area contributed by atoms with Gasteiger partial charge in [0.25, 0.3) is 0 Å². The zero-order chi connectivity index (χ0) is 17.0. The second kappa shape index (κ2) is 7.56. The Hall–Kier alpha value is -1.55. The van der Waals surface area contributed by atoms with Crippen molar-refractivity contribution in [2.45, 2.75) is 70.4 Å². The molecule has 4 nitrogen and oxygen atoms in total. The number of aryl methyl sites for hydroxylation is 1. The molecule has 0 aliphatic heterocycles. The molecule has 0 aromatic heterocycles. The van der Waals surface area contributed by atoms with Crippen LogP contribution >= 0.6 is 0 Å². The van der Waals surface area contributed by atoms with E-state index in [1.807, 2.05) is 24.3 Å². The Kier molecular flexibility index (Phi) is 5.44. The van der Waals surface area contributed by atoms with Gasteiger partial charge in [-0.2, -0.15) is 0 Å². The van der Waals surface area contributed by atoms with Crippen LogP contribution in [0.5, 0.6) is 0 Å². The Bertz CT molecular complexity index is 567. The van der Waals surface area contributed by atoms with Gasteiger partial charge in [0.1, 0.15) is 0 Å². The summed E-state index contributed by atoms with van der Waals surface area (Å²) in [6, 6.07) is 8.07. The first-order chi connectivity index (χ1) is 11.7. The number of para-hydroxylation sites is 1. The molecule has 24 heavy (non-hydrogen) atoms. The lowest BCUT2D eigenvalue weighted by Gasteiger charge is -2.57. The minimum Gasteiger partial charge on any atom is -0.399 e. The SMILES string of the molecule is CCOC1CC(NC(=O)CCc2ccccc2N)C12CCCCC2. The number of rotatable bonds is 6. The molecular formula is C20H30N2O2. The second-order valence-electron chi connectivity index (χ2n) is 7.29. The van der Waals surface area contributed by atoms with E-state index >= 15 is 0 Å². The number of anilines is 1. The van der Waals surface area contributed by atoms with Crippen molar-refractivity contribution < 1.29 is 9.53 Å². The molecule has 1 aromatic rings. The topological polar surface area (TPSA) is 64.3 Å². The summed E-state index contributed by atoms with van der Waals surface area (Å²) in [4.78, 5) is 12.4. The van der Waals surface area contributed by atoms with Gasteiger partial charge < -0.3 is 15.8 Å². The molecule has 3 rings (SSSR count). The van der Waals surface area contributed by atoms with Crippen molar-refractivity contribution in [2.75, 3.05) is 12.3 Å². The standard InChI is InChI=1S/C20H30N2O2/c1-2-24-18-14-17(20(18)12-6-3-7-13-20)22-19(23)11-10-15-8-4-5-9-16(15)21/h4-5,8-9,17-18H,2-3,6-7,10-14,21H2,1H3,(H,22,23). The molecule has 1 amide bonds. The van der Waals surface area contributed by atoms with Gasteiger partial charge in [-0.1, -0.05) is 37.5 Å². The van der Waals surface area contributed by atoms with Gasteiger partial charge in [-0.25, -0.2) is 0 Å². The highest BCUT2D eigenvalue weighted by Crippen LogP contribution is 2.53. The van der Waals surface area contributed by atoms with Gasteiger partial charge in [-0.15, -0.1) is 0 Å². The van der Waals surface area contributed by atoms with E-state index in [0.717, 1.165) is 24.3 Å². The van der Waals surface area contributed by atoms with Crippen molar-refractivity contribution in [1.82, 2.24) is 5.32 Å². The molecule has 0 heterocycles. The van der Waals surface area contributed by atoms with E-state index in [-0.39, 0.29) is 17.4 Å². The Labute approximate surface area is 145 Å². The summed E-state index contributed by atoms with van der Waals surface area (Å²) in [5, 5.41) is 3.30. The van der Waals surface area contributed by atoms with Crippen LogP contribution in [0.4, 0.5) is 5.69 Å². The summed E-state index contributed by atoms with van der Waals surface area (Å²) in [6.07, 6.45) is 8.71. The summed E-state index contributed by atoms with van der Waals surface area (Å²) in [7, 11) is 0. The quantitative estimate of drug-likeness (QED) is 0.785. The van der Waals surface area contributed by atoms with Crippen molar-refractivity contribution in [3.63, 3.8) is 0 Å². The van der Waals surface area contributed by atoms with Crippen LogP contribution in [-0.4, -0.2) is 24.7 Å². The smallest absolute Gasteiger partial charge is 0.220 e. The maximum atomic E-state index is 12.4. The molecule has 4 heteroatoms. The van der Waals surface area contributed by atoms with E-state index in [2.05, 4.69) is 12.2 Å². The summed E-state index contributed by atoms with van der Waals surface area (Å²) in [6.45, 7) is 2.83. The fourth-order valence-electron chi connectivity index (χ4n) is 4.54. The lowest BCUT2D eigenvalue weighted by Crippen LogP contribution is -2.65. The van der Waals surface area contributed by atoms with E-state index in [0.29, 0.717) is 18.9 Å². The average molecular weight is 330 g/mol. The van der Waals surface area contributed by atoms with E-state index in [1.54, 1.807) is 0 Å². The molecule has 132 valence electrons. The maximum absolute atomic E-state index is 12.4. The number of carbonyl (C=O) groups is 1. The van der Waals surface area contributed by atoms with Crippen molar-refractivity contribution in [2.24, 2.45) is 5.41 Å². The van der Waals surface area contributed by atoms with Gasteiger partial charge >= 0.3 is 0 Å². The van der Waals surface area contributed by atoms with Gasteiger partial charge in [0, 0.05) is 30.2 Å². The predicted molar refractivity (Wildman–Crippen MR) is 96.7 cm³/mol. The van der Waals surface area contributed by atoms with Crippen LogP contribution in [-0.2, 0) is 16.0 Å². The van der Waals surface area contributed by atoms with Crippen molar-refractivity contribution in [3.05, 3.63) is 29.8 Å². The third-order valence-electron chi connectivity index (χ3n) is 5.95. The summed E-state index contributed by atoms with van der Waals surface area (Å²) < 4.78 is 5.96. The normalized spacial score (nSPS) is 25.2. The number of ether oxygens (including phenoxy) is 1. The number of benzene rings is 1. The van der Waals surface area contributed by atoms with Gasteiger partial charge in [0.2, 0.25) is 5.91 Å². The van der Waals surface area contributed by atoms with Gasteiger partial charge in [0.15, 0.2) is 0 Å². The van der Waals surface area contributed by atoms with Crippen molar-refractivity contribution in [3.8, 4) is 0 Å². The Balaban J connectivity index is 1.55. The third kappa shape index (κ3) is 3.44. The van der Waals surface area contributed by atoms with Gasteiger partial charge in [-0.3, -0.25) is 4.79 Å². The lowest BCUT2D eigenvalue weighted by molar-refractivity contribution is -0.157. The number of nitrogens with one attached hydrogen (secondary N) is 1. The van der Waals surface area contributed by atoms with Gasteiger partial charge in [0.05, 0.1) is 6.10 Å². The summed E-state index contributed by atoms with van der Waals surface area (Å²) in [5.41, 5.74) is 7.98. The highest BCUT2D eigenvalue weighted by atomic mass is 16.5. The number of carbonyl (C=O) groups excluding carboxylic acids is 1. The number of nitrogen functional groups attached to an aromatic ring is 1. The Morgan fingerprint density at radius 1 is 1.29 bits per heavy atom. The molecule has 0 radical (unpaired) electrons. The highest BCUT2D eigenvalue weighted by molar-refractivity contribution is 5.77. The van der Waals surface area contributed by atoms with Crippen LogP contribution in [0.25, 0.3) is 0 Å². The summed E-state index contributed by atoms with van der Waals surface area (Å²) in [5.74, 6) is 0.142. The third-order valence-corrected chi connectivity index (χ3v) is 5.95. The van der Waals surface area contributed by atoms with Crippen molar-refractivity contribution >= 4 is 11.6 Å². The predicted octanol–water partition coefficient (Wildman–Crippen LogP) is 3.45. The molecular weight excluding hydrogens is 300 g/mol. The van der Waals surface area contributed by atoms with Crippen LogP contribution in [0.2, 0.25) is 0 Å². The number of hydrogen-bond donors (Lipinski definition) is 2. The first kappa shape index (κ1) is 17.3.